The van der Waals surface area contributed by atoms with Crippen molar-refractivity contribution >= 4 is 33.9 Å². The molecule has 1 aromatic rings. The van der Waals surface area contributed by atoms with Crippen molar-refractivity contribution in [3.05, 3.63) is 10.9 Å². The molecule has 0 aliphatic carbocycles. The highest BCUT2D eigenvalue weighted by molar-refractivity contribution is 7.18. The van der Waals surface area contributed by atoms with Crippen LogP contribution >= 0.6 is 11.3 Å². The molecule has 0 saturated carbocycles. The zero-order valence-corrected chi connectivity index (χ0v) is 8.22. The summed E-state index contributed by atoms with van der Waals surface area (Å²) in [4.78, 5) is 23.8. The number of carbonyl (C=O) groups is 2. The van der Waals surface area contributed by atoms with Crippen LogP contribution in [0.25, 0.3) is 0 Å². The number of aromatic carboxylic acids is 1. The van der Waals surface area contributed by atoms with Crippen molar-refractivity contribution in [1.82, 2.24) is 0 Å². The number of nitrogens with zero attached hydrogens (tertiary/aromatic N) is 1. The van der Waals surface area contributed by atoms with Crippen LogP contribution in [-0.4, -0.2) is 30.6 Å². The number of nitrogens with one attached hydrogen (secondary N) is 1. The number of carboxylic acids is 1. The first-order valence-corrected chi connectivity index (χ1v) is 4.77. The molecule has 0 spiro atoms. The Kier molecular flexibility index (Phi) is 1.92. The highest BCUT2D eigenvalue weighted by Crippen LogP contribution is 2.37. The summed E-state index contributed by atoms with van der Waals surface area (Å²) in [5, 5.41) is 12.2. The van der Waals surface area contributed by atoms with Gasteiger partial charge >= 0.3 is 5.97 Å². The Morgan fingerprint density at radius 2 is 2.43 bits per heavy atom. The molecule has 2 heterocycles. The Morgan fingerprint density at radius 3 is 3.07 bits per heavy atom. The Bertz CT molecular complexity index is 413. The minimum Gasteiger partial charge on any atom is -0.477 e. The molecule has 1 aromatic heterocycles. The number of likely N-dealkylation sites (N-methyl/N-ethyl adjacent to an activating group) is 1. The van der Waals surface area contributed by atoms with E-state index in [-0.39, 0.29) is 17.3 Å². The SMILES string of the molecule is CN1CC(=O)Nc2cc(C(=O)O)sc21. The van der Waals surface area contributed by atoms with Gasteiger partial charge in [-0.1, -0.05) is 0 Å². The van der Waals surface area contributed by atoms with E-state index in [9.17, 15) is 9.59 Å². The lowest BCUT2D eigenvalue weighted by Crippen LogP contribution is -2.34. The van der Waals surface area contributed by atoms with Crippen LogP contribution in [0.5, 0.6) is 0 Å². The van der Waals surface area contributed by atoms with Gasteiger partial charge in [0, 0.05) is 7.05 Å². The summed E-state index contributed by atoms with van der Waals surface area (Å²) in [5.41, 5.74) is 0.589. The third-order valence-electron chi connectivity index (χ3n) is 1.92. The zero-order valence-electron chi connectivity index (χ0n) is 7.40. The largest absolute Gasteiger partial charge is 0.477 e. The molecular weight excluding hydrogens is 204 g/mol. The highest BCUT2D eigenvalue weighted by atomic mass is 32.1. The quantitative estimate of drug-likeness (QED) is 0.723. The molecule has 0 radical (unpaired) electrons. The van der Waals surface area contributed by atoms with Gasteiger partial charge in [-0.25, -0.2) is 4.79 Å². The summed E-state index contributed by atoms with van der Waals surface area (Å²) >= 11 is 1.17. The lowest BCUT2D eigenvalue weighted by atomic mass is 10.3. The molecule has 6 heteroatoms. The normalized spacial score (nSPS) is 14.9. The average molecular weight is 212 g/mol. The molecule has 5 nitrogen and oxygen atoms in total. The van der Waals surface area contributed by atoms with Crippen LogP contribution in [0.3, 0.4) is 0 Å². The van der Waals surface area contributed by atoms with E-state index >= 15 is 0 Å². The number of rotatable bonds is 1. The first-order valence-electron chi connectivity index (χ1n) is 3.96. The molecular formula is C8H8N2O3S. The Morgan fingerprint density at radius 1 is 1.71 bits per heavy atom. The van der Waals surface area contributed by atoms with E-state index in [1.807, 2.05) is 0 Å². The van der Waals surface area contributed by atoms with Gasteiger partial charge in [0.1, 0.15) is 9.88 Å². The Balaban J connectivity index is 2.45. The predicted molar refractivity (Wildman–Crippen MR) is 53.2 cm³/mol. The Labute approximate surface area is 84.0 Å². The summed E-state index contributed by atoms with van der Waals surface area (Å²) in [6.45, 7) is 0.270. The van der Waals surface area contributed by atoms with Crippen LogP contribution in [-0.2, 0) is 4.79 Å². The van der Waals surface area contributed by atoms with E-state index in [0.29, 0.717) is 5.69 Å². The van der Waals surface area contributed by atoms with E-state index in [4.69, 9.17) is 5.11 Å². The minimum atomic E-state index is -0.966. The number of thiophene rings is 1. The van der Waals surface area contributed by atoms with Gasteiger partial charge in [-0.2, -0.15) is 0 Å². The molecule has 74 valence electrons. The second-order valence-electron chi connectivity index (χ2n) is 3.04. The fraction of sp³-hybridized carbons (Fsp3) is 0.250. The first kappa shape index (κ1) is 9.01. The van der Waals surface area contributed by atoms with Crippen molar-refractivity contribution in [2.45, 2.75) is 0 Å². The molecule has 0 saturated heterocycles. The number of anilines is 2. The van der Waals surface area contributed by atoms with Gasteiger partial charge in [-0.3, -0.25) is 4.79 Å². The van der Waals surface area contributed by atoms with E-state index < -0.39 is 5.97 Å². The fourth-order valence-corrected chi connectivity index (χ4v) is 2.25. The number of carboxylic acid groups (broad SMARTS) is 1. The predicted octanol–water partition coefficient (Wildman–Crippen LogP) is 0.835. The second kappa shape index (κ2) is 2.98. The molecule has 1 aliphatic heterocycles. The maximum Gasteiger partial charge on any atom is 0.346 e. The molecule has 0 atom stereocenters. The monoisotopic (exact) mass is 212 g/mol. The average Bonchev–Trinajstić information content (AvgIpc) is 2.47. The third-order valence-corrected chi connectivity index (χ3v) is 3.16. The molecule has 0 fully saturated rings. The van der Waals surface area contributed by atoms with Gasteiger partial charge in [0.15, 0.2) is 0 Å². The summed E-state index contributed by atoms with van der Waals surface area (Å²) < 4.78 is 0. The molecule has 1 amide bonds. The molecule has 2 N–H and O–H groups in total. The zero-order chi connectivity index (χ0) is 10.3. The number of fused-ring (bicyclic) bond motifs is 1. The molecule has 1 aliphatic rings. The maximum absolute atomic E-state index is 11.1. The van der Waals surface area contributed by atoms with Crippen LogP contribution in [0, 0.1) is 0 Å². The van der Waals surface area contributed by atoms with E-state index in [1.54, 1.807) is 11.9 Å². The van der Waals surface area contributed by atoms with Crippen LogP contribution in [0.2, 0.25) is 0 Å². The summed E-state index contributed by atoms with van der Waals surface area (Å²) in [6.07, 6.45) is 0. The van der Waals surface area contributed by atoms with Crippen molar-refractivity contribution in [3.8, 4) is 0 Å². The number of carbonyl (C=O) groups excluding carboxylic acids is 1. The minimum absolute atomic E-state index is 0.116. The van der Waals surface area contributed by atoms with Crippen molar-refractivity contribution < 1.29 is 14.7 Å². The highest BCUT2D eigenvalue weighted by Gasteiger charge is 2.23. The smallest absolute Gasteiger partial charge is 0.346 e. The van der Waals surface area contributed by atoms with E-state index in [1.165, 1.54) is 17.4 Å². The van der Waals surface area contributed by atoms with Crippen molar-refractivity contribution in [1.29, 1.82) is 0 Å². The number of amides is 1. The summed E-state index contributed by atoms with van der Waals surface area (Å²) in [5.74, 6) is -1.08. The van der Waals surface area contributed by atoms with Gasteiger partial charge in [-0.15, -0.1) is 11.3 Å². The maximum atomic E-state index is 11.1. The molecule has 14 heavy (non-hydrogen) atoms. The number of hydrogen-bond acceptors (Lipinski definition) is 4. The van der Waals surface area contributed by atoms with E-state index in [0.717, 1.165) is 5.00 Å². The van der Waals surface area contributed by atoms with Gasteiger partial charge in [0.25, 0.3) is 0 Å². The molecule has 0 bridgehead atoms. The molecule has 0 aromatic carbocycles. The van der Waals surface area contributed by atoms with Gasteiger partial charge in [0.05, 0.1) is 12.2 Å². The van der Waals surface area contributed by atoms with Gasteiger partial charge in [0.2, 0.25) is 5.91 Å². The van der Waals surface area contributed by atoms with Crippen LogP contribution < -0.4 is 10.2 Å². The van der Waals surface area contributed by atoms with Crippen LogP contribution in [0.15, 0.2) is 6.07 Å². The fourth-order valence-electron chi connectivity index (χ4n) is 1.34. The lowest BCUT2D eigenvalue weighted by molar-refractivity contribution is -0.115. The van der Waals surface area contributed by atoms with Crippen LogP contribution in [0.1, 0.15) is 9.67 Å². The molecule has 0 unspecified atom stereocenters. The van der Waals surface area contributed by atoms with Crippen LogP contribution in [0.4, 0.5) is 10.7 Å². The Hall–Kier alpha value is -1.56. The van der Waals surface area contributed by atoms with Crippen molar-refractivity contribution in [2.75, 3.05) is 23.8 Å². The third kappa shape index (κ3) is 1.33. The second-order valence-corrected chi connectivity index (χ2v) is 4.07. The number of hydrogen-bond donors (Lipinski definition) is 2. The first-order chi connectivity index (χ1) is 6.58. The summed E-state index contributed by atoms with van der Waals surface area (Å²) in [7, 11) is 1.76. The lowest BCUT2D eigenvalue weighted by Gasteiger charge is -2.23. The molecule has 2 rings (SSSR count). The van der Waals surface area contributed by atoms with Gasteiger partial charge in [-0.05, 0) is 6.07 Å². The van der Waals surface area contributed by atoms with E-state index in [2.05, 4.69) is 5.32 Å². The van der Waals surface area contributed by atoms with Crippen molar-refractivity contribution in [3.63, 3.8) is 0 Å². The summed E-state index contributed by atoms with van der Waals surface area (Å²) in [6, 6.07) is 1.48. The topological polar surface area (TPSA) is 69.6 Å². The van der Waals surface area contributed by atoms with Gasteiger partial charge < -0.3 is 15.3 Å². The van der Waals surface area contributed by atoms with Crippen molar-refractivity contribution in [2.24, 2.45) is 0 Å². The standard InChI is InChI=1S/C8H8N2O3S/c1-10-3-6(11)9-4-2-5(8(12)13)14-7(4)10/h2H,3H2,1H3,(H,9,11)(H,12,13).